The highest BCUT2D eigenvalue weighted by Crippen LogP contribution is 2.41. The molecule has 0 fully saturated rings. The molecule has 0 amide bonds. The molecule has 0 aliphatic rings. The highest BCUT2D eigenvalue weighted by atomic mass is 28.2. The van der Waals surface area contributed by atoms with E-state index in [0.717, 1.165) is 23.1 Å². The first-order valence-electron chi connectivity index (χ1n) is 9.47. The van der Waals surface area contributed by atoms with E-state index in [1.807, 2.05) is 12.1 Å². The van der Waals surface area contributed by atoms with Gasteiger partial charge in [0.25, 0.3) is 0 Å². The molecule has 0 aromatic heterocycles. The summed E-state index contributed by atoms with van der Waals surface area (Å²) < 4.78 is 6.18. The molecule has 26 heavy (non-hydrogen) atoms. The van der Waals surface area contributed by atoms with E-state index in [1.54, 1.807) is 0 Å². The van der Waals surface area contributed by atoms with Gasteiger partial charge in [-0.1, -0.05) is 64.9 Å². The molecular formula is C23H34O2Si. The number of ether oxygens (including phenoxy) is 1. The number of rotatable bonds is 4. The third kappa shape index (κ3) is 4.70. The van der Waals surface area contributed by atoms with Gasteiger partial charge in [-0.05, 0) is 47.9 Å². The second kappa shape index (κ2) is 7.48. The second-order valence-corrected chi connectivity index (χ2v) is 11.0. The molecule has 1 N–H and O–H groups in total. The second-order valence-electron chi connectivity index (χ2n) is 9.32. The standard InChI is InChI=1S/C23H34O2Si/c1-15-10-9-11-20(16(15)2)26-14-25-17-12-18(22(3,4)5)21(24)19(13-17)23(6,7)8/h9-13,24H,14,26H2,1-8H3. The Kier molecular flexibility index (Phi) is 5.91. The minimum atomic E-state index is -0.493. The molecule has 142 valence electrons. The molecule has 0 aliphatic carbocycles. The average Bonchev–Trinajstić information content (AvgIpc) is 2.50. The Morgan fingerprint density at radius 2 is 1.46 bits per heavy atom. The van der Waals surface area contributed by atoms with Crippen molar-refractivity contribution < 1.29 is 9.84 Å². The van der Waals surface area contributed by atoms with E-state index in [1.165, 1.54) is 16.3 Å². The molecule has 2 aromatic rings. The molecule has 2 nitrogen and oxygen atoms in total. The van der Waals surface area contributed by atoms with Gasteiger partial charge in [-0.15, -0.1) is 0 Å². The van der Waals surface area contributed by atoms with Gasteiger partial charge in [0.1, 0.15) is 11.5 Å². The van der Waals surface area contributed by atoms with E-state index in [0.29, 0.717) is 5.75 Å². The van der Waals surface area contributed by atoms with Gasteiger partial charge in [0.2, 0.25) is 0 Å². The van der Waals surface area contributed by atoms with Crippen molar-refractivity contribution in [3.8, 4) is 11.5 Å². The number of phenols is 1. The van der Waals surface area contributed by atoms with Gasteiger partial charge in [0.05, 0.1) is 15.7 Å². The van der Waals surface area contributed by atoms with Crippen molar-refractivity contribution in [3.05, 3.63) is 52.6 Å². The Balaban J connectivity index is 2.27. The molecule has 0 bridgehead atoms. The van der Waals surface area contributed by atoms with E-state index in [2.05, 4.69) is 73.6 Å². The van der Waals surface area contributed by atoms with E-state index >= 15 is 0 Å². The maximum Gasteiger partial charge on any atom is 0.123 e. The zero-order valence-electron chi connectivity index (χ0n) is 17.7. The van der Waals surface area contributed by atoms with Crippen LogP contribution in [0.4, 0.5) is 0 Å². The third-order valence-corrected chi connectivity index (χ3v) is 6.77. The van der Waals surface area contributed by atoms with Crippen LogP contribution in [0.25, 0.3) is 0 Å². The average molecular weight is 371 g/mol. The van der Waals surface area contributed by atoms with E-state index in [-0.39, 0.29) is 10.8 Å². The Labute approximate surface area is 161 Å². The van der Waals surface area contributed by atoms with Crippen LogP contribution < -0.4 is 9.92 Å². The number of phenolic OH excluding ortho intramolecular Hbond substituents is 1. The monoisotopic (exact) mass is 370 g/mol. The smallest absolute Gasteiger partial charge is 0.123 e. The minimum Gasteiger partial charge on any atom is -0.507 e. The van der Waals surface area contributed by atoms with Crippen LogP contribution in [0.1, 0.15) is 63.8 Å². The Bertz CT molecular complexity index is 745. The zero-order valence-corrected chi connectivity index (χ0v) is 19.1. The SMILES string of the molecule is Cc1cccc([SiH2]COc2cc(C(C)(C)C)c(O)c(C(C)(C)C)c2)c1C. The van der Waals surface area contributed by atoms with Gasteiger partial charge in [-0.25, -0.2) is 0 Å². The summed E-state index contributed by atoms with van der Waals surface area (Å²) in [6, 6.07) is 10.6. The first-order chi connectivity index (χ1) is 11.9. The van der Waals surface area contributed by atoms with Gasteiger partial charge in [0, 0.05) is 11.1 Å². The fourth-order valence-corrected chi connectivity index (χ4v) is 4.71. The van der Waals surface area contributed by atoms with Crippen LogP contribution in [-0.2, 0) is 10.8 Å². The molecule has 0 saturated carbocycles. The molecule has 0 unspecified atom stereocenters. The number of benzene rings is 2. The number of hydrogen-bond donors (Lipinski definition) is 1. The maximum atomic E-state index is 10.8. The lowest BCUT2D eigenvalue weighted by atomic mass is 9.79. The summed E-state index contributed by atoms with van der Waals surface area (Å²) in [6.07, 6.45) is 0.766. The minimum absolute atomic E-state index is 0.131. The van der Waals surface area contributed by atoms with Crippen LogP contribution in [-0.4, -0.2) is 20.9 Å². The largest absolute Gasteiger partial charge is 0.507 e. The topological polar surface area (TPSA) is 29.5 Å². The van der Waals surface area contributed by atoms with Gasteiger partial charge in [-0.3, -0.25) is 0 Å². The number of aryl methyl sites for hydroxylation is 1. The molecule has 0 atom stereocenters. The van der Waals surface area contributed by atoms with Crippen molar-refractivity contribution in [2.24, 2.45) is 0 Å². The van der Waals surface area contributed by atoms with Crippen molar-refractivity contribution in [1.82, 2.24) is 0 Å². The maximum absolute atomic E-state index is 10.8. The summed E-state index contributed by atoms with van der Waals surface area (Å²) in [4.78, 5) is 0. The van der Waals surface area contributed by atoms with Crippen molar-refractivity contribution in [2.75, 3.05) is 6.23 Å². The van der Waals surface area contributed by atoms with E-state index in [9.17, 15) is 5.11 Å². The summed E-state index contributed by atoms with van der Waals surface area (Å²) in [5.41, 5.74) is 4.40. The van der Waals surface area contributed by atoms with E-state index < -0.39 is 9.52 Å². The summed E-state index contributed by atoms with van der Waals surface area (Å²) in [7, 11) is -0.493. The molecule has 0 saturated heterocycles. The molecule has 0 heterocycles. The van der Waals surface area contributed by atoms with Gasteiger partial charge >= 0.3 is 0 Å². The number of aromatic hydroxyl groups is 1. The van der Waals surface area contributed by atoms with Crippen LogP contribution >= 0.6 is 0 Å². The molecule has 0 radical (unpaired) electrons. The van der Waals surface area contributed by atoms with Crippen molar-refractivity contribution >= 4 is 14.7 Å². The Morgan fingerprint density at radius 3 is 1.96 bits per heavy atom. The lowest BCUT2D eigenvalue weighted by Crippen LogP contribution is -2.25. The predicted octanol–water partition coefficient (Wildman–Crippen LogP) is 4.43. The molecule has 2 aromatic carbocycles. The van der Waals surface area contributed by atoms with E-state index in [4.69, 9.17) is 4.74 Å². The van der Waals surface area contributed by atoms with Crippen LogP contribution in [0, 0.1) is 13.8 Å². The summed E-state index contributed by atoms with van der Waals surface area (Å²) >= 11 is 0. The van der Waals surface area contributed by atoms with Crippen molar-refractivity contribution in [3.63, 3.8) is 0 Å². The first-order valence-corrected chi connectivity index (χ1v) is 11.2. The molecule has 3 heteroatoms. The lowest BCUT2D eigenvalue weighted by molar-refractivity contribution is 0.374. The summed E-state index contributed by atoms with van der Waals surface area (Å²) in [5.74, 6) is 1.28. The zero-order chi connectivity index (χ0) is 19.7. The normalized spacial score (nSPS) is 12.8. The Hall–Kier alpha value is -1.74. The van der Waals surface area contributed by atoms with Gasteiger partial charge in [0.15, 0.2) is 0 Å². The molecule has 2 rings (SSSR count). The summed E-state index contributed by atoms with van der Waals surface area (Å²) in [6.45, 7) is 17.1. The first kappa shape index (κ1) is 20.6. The van der Waals surface area contributed by atoms with Crippen LogP contribution in [0.2, 0.25) is 0 Å². The van der Waals surface area contributed by atoms with Gasteiger partial charge in [-0.2, -0.15) is 0 Å². The lowest BCUT2D eigenvalue weighted by Gasteiger charge is -2.28. The number of hydrogen-bond acceptors (Lipinski definition) is 2. The van der Waals surface area contributed by atoms with Crippen molar-refractivity contribution in [2.45, 2.75) is 66.2 Å². The summed E-state index contributed by atoms with van der Waals surface area (Å²) in [5, 5.41) is 12.3. The molecule has 0 spiro atoms. The highest BCUT2D eigenvalue weighted by molar-refractivity contribution is 6.54. The van der Waals surface area contributed by atoms with Gasteiger partial charge < -0.3 is 9.84 Å². The predicted molar refractivity (Wildman–Crippen MR) is 115 cm³/mol. The third-order valence-electron chi connectivity index (χ3n) is 5.06. The van der Waals surface area contributed by atoms with Crippen LogP contribution in [0.5, 0.6) is 11.5 Å². The quantitative estimate of drug-likeness (QED) is 0.807. The fourth-order valence-electron chi connectivity index (χ4n) is 3.20. The Morgan fingerprint density at radius 1 is 0.923 bits per heavy atom. The molecular weight excluding hydrogens is 336 g/mol. The molecule has 0 aliphatic heterocycles. The van der Waals surface area contributed by atoms with Crippen LogP contribution in [0.15, 0.2) is 30.3 Å². The highest BCUT2D eigenvalue weighted by Gasteiger charge is 2.26. The van der Waals surface area contributed by atoms with Crippen molar-refractivity contribution in [1.29, 1.82) is 0 Å². The van der Waals surface area contributed by atoms with Crippen LogP contribution in [0.3, 0.4) is 0 Å². The fraction of sp³-hybridized carbons (Fsp3) is 0.478.